The molecular weight excluding hydrogens is 166 g/mol. The molecule has 1 rings (SSSR count). The molecule has 0 aromatic heterocycles. The number of carbonyl (C=O) groups is 1. The standard InChI is InChI=1S/C9H15N3O/c10-6-3-5-9(8(11)13)4-1-2-7-12-9/h1-2,4,7,12H,3,5-6,10H2,(H2,11,13). The van der Waals surface area contributed by atoms with Crippen LogP contribution in [0.2, 0.25) is 0 Å². The van der Waals surface area contributed by atoms with E-state index in [0.29, 0.717) is 13.0 Å². The van der Waals surface area contributed by atoms with Gasteiger partial charge in [-0.15, -0.1) is 0 Å². The summed E-state index contributed by atoms with van der Waals surface area (Å²) in [4.78, 5) is 11.2. The predicted octanol–water partition coefficient (Wildman–Crippen LogP) is -0.377. The van der Waals surface area contributed by atoms with Crippen molar-refractivity contribution in [3.8, 4) is 0 Å². The van der Waals surface area contributed by atoms with Crippen LogP contribution in [0.15, 0.2) is 24.4 Å². The van der Waals surface area contributed by atoms with E-state index in [2.05, 4.69) is 5.32 Å². The van der Waals surface area contributed by atoms with Crippen LogP contribution in [0, 0.1) is 0 Å². The molecule has 0 bridgehead atoms. The molecule has 1 amide bonds. The zero-order chi connectivity index (χ0) is 9.73. The molecule has 13 heavy (non-hydrogen) atoms. The van der Waals surface area contributed by atoms with Gasteiger partial charge in [-0.25, -0.2) is 0 Å². The van der Waals surface area contributed by atoms with Gasteiger partial charge in [0.2, 0.25) is 5.91 Å². The van der Waals surface area contributed by atoms with Crippen LogP contribution in [-0.4, -0.2) is 18.0 Å². The summed E-state index contributed by atoms with van der Waals surface area (Å²) in [6.07, 6.45) is 8.56. The monoisotopic (exact) mass is 181 g/mol. The summed E-state index contributed by atoms with van der Waals surface area (Å²) < 4.78 is 0. The van der Waals surface area contributed by atoms with Gasteiger partial charge in [0, 0.05) is 0 Å². The van der Waals surface area contributed by atoms with E-state index in [0.717, 1.165) is 6.42 Å². The molecule has 1 aliphatic heterocycles. The highest BCUT2D eigenvalue weighted by Gasteiger charge is 2.32. The average molecular weight is 181 g/mol. The van der Waals surface area contributed by atoms with Gasteiger partial charge in [-0.1, -0.05) is 6.08 Å². The third kappa shape index (κ3) is 2.09. The number of hydrogen-bond donors (Lipinski definition) is 3. The molecule has 0 fully saturated rings. The predicted molar refractivity (Wildman–Crippen MR) is 51.6 cm³/mol. The second kappa shape index (κ2) is 4.09. The van der Waals surface area contributed by atoms with Crippen molar-refractivity contribution in [3.63, 3.8) is 0 Å². The quantitative estimate of drug-likeness (QED) is 0.553. The fraction of sp³-hybridized carbons (Fsp3) is 0.444. The minimum Gasteiger partial charge on any atom is -0.374 e. The van der Waals surface area contributed by atoms with Gasteiger partial charge in [-0.05, 0) is 37.7 Å². The van der Waals surface area contributed by atoms with Gasteiger partial charge in [0.1, 0.15) is 5.54 Å². The highest BCUT2D eigenvalue weighted by molar-refractivity contribution is 5.87. The Hall–Kier alpha value is -1.29. The Kier molecular flexibility index (Phi) is 3.08. The van der Waals surface area contributed by atoms with Gasteiger partial charge in [-0.2, -0.15) is 0 Å². The van der Waals surface area contributed by atoms with Crippen molar-refractivity contribution in [3.05, 3.63) is 24.4 Å². The van der Waals surface area contributed by atoms with Crippen LogP contribution in [0.4, 0.5) is 0 Å². The normalized spacial score (nSPS) is 25.6. The molecule has 4 nitrogen and oxygen atoms in total. The largest absolute Gasteiger partial charge is 0.374 e. The summed E-state index contributed by atoms with van der Waals surface area (Å²) in [6, 6.07) is 0. The van der Waals surface area contributed by atoms with E-state index in [9.17, 15) is 4.79 Å². The lowest BCUT2D eigenvalue weighted by Crippen LogP contribution is -2.52. The second-order valence-corrected chi connectivity index (χ2v) is 3.09. The molecule has 0 aromatic carbocycles. The Morgan fingerprint density at radius 2 is 2.23 bits per heavy atom. The zero-order valence-corrected chi connectivity index (χ0v) is 7.49. The van der Waals surface area contributed by atoms with E-state index in [1.54, 1.807) is 12.3 Å². The molecule has 1 heterocycles. The lowest BCUT2D eigenvalue weighted by Gasteiger charge is -2.29. The highest BCUT2D eigenvalue weighted by atomic mass is 16.1. The molecule has 0 radical (unpaired) electrons. The molecule has 4 heteroatoms. The summed E-state index contributed by atoms with van der Waals surface area (Å²) >= 11 is 0. The van der Waals surface area contributed by atoms with E-state index in [1.807, 2.05) is 12.2 Å². The minimum atomic E-state index is -0.728. The Bertz CT molecular complexity index is 247. The minimum absolute atomic E-state index is 0.360. The van der Waals surface area contributed by atoms with Crippen molar-refractivity contribution in [1.29, 1.82) is 0 Å². The van der Waals surface area contributed by atoms with Crippen molar-refractivity contribution >= 4 is 5.91 Å². The zero-order valence-electron chi connectivity index (χ0n) is 7.49. The maximum atomic E-state index is 11.2. The van der Waals surface area contributed by atoms with Crippen LogP contribution in [0.3, 0.4) is 0 Å². The Morgan fingerprint density at radius 1 is 1.46 bits per heavy atom. The first-order valence-electron chi connectivity index (χ1n) is 4.33. The first kappa shape index (κ1) is 9.80. The number of hydrogen-bond acceptors (Lipinski definition) is 3. The molecule has 0 aliphatic carbocycles. The maximum Gasteiger partial charge on any atom is 0.247 e. The molecule has 0 aromatic rings. The SMILES string of the molecule is NCCCC1(C(N)=O)C=CC=CN1. The molecule has 5 N–H and O–H groups in total. The Labute approximate surface area is 77.7 Å². The molecule has 0 saturated carbocycles. The second-order valence-electron chi connectivity index (χ2n) is 3.09. The van der Waals surface area contributed by atoms with Gasteiger partial charge < -0.3 is 16.8 Å². The molecule has 1 unspecified atom stereocenters. The van der Waals surface area contributed by atoms with Crippen LogP contribution in [-0.2, 0) is 4.79 Å². The van der Waals surface area contributed by atoms with Gasteiger partial charge in [0.15, 0.2) is 0 Å². The van der Waals surface area contributed by atoms with Crippen LogP contribution in [0.25, 0.3) is 0 Å². The molecule has 0 saturated heterocycles. The Morgan fingerprint density at radius 3 is 2.69 bits per heavy atom. The fourth-order valence-electron chi connectivity index (χ4n) is 1.33. The van der Waals surface area contributed by atoms with E-state index in [4.69, 9.17) is 11.5 Å². The first-order valence-corrected chi connectivity index (χ1v) is 4.33. The number of primary amides is 1. The number of rotatable bonds is 4. The van der Waals surface area contributed by atoms with Crippen molar-refractivity contribution in [2.75, 3.05) is 6.54 Å². The summed E-state index contributed by atoms with van der Waals surface area (Å²) in [5, 5.41) is 2.97. The number of nitrogens with one attached hydrogen (secondary N) is 1. The first-order chi connectivity index (χ1) is 6.21. The van der Waals surface area contributed by atoms with Crippen molar-refractivity contribution in [2.24, 2.45) is 11.5 Å². The number of amides is 1. The number of carbonyl (C=O) groups excluding carboxylic acids is 1. The van der Waals surface area contributed by atoms with Crippen LogP contribution in [0.5, 0.6) is 0 Å². The van der Waals surface area contributed by atoms with Gasteiger partial charge in [0.25, 0.3) is 0 Å². The summed E-state index contributed by atoms with van der Waals surface area (Å²) in [6.45, 7) is 0.564. The van der Waals surface area contributed by atoms with Crippen LogP contribution in [0.1, 0.15) is 12.8 Å². The van der Waals surface area contributed by atoms with E-state index in [1.165, 1.54) is 0 Å². The molecule has 0 spiro atoms. The van der Waals surface area contributed by atoms with Crippen molar-refractivity contribution in [1.82, 2.24) is 5.32 Å². The molecule has 1 aliphatic rings. The molecular formula is C9H15N3O. The molecule has 72 valence electrons. The van der Waals surface area contributed by atoms with Crippen LogP contribution < -0.4 is 16.8 Å². The summed E-state index contributed by atoms with van der Waals surface area (Å²) in [5.41, 5.74) is 9.97. The topological polar surface area (TPSA) is 81.1 Å². The van der Waals surface area contributed by atoms with Crippen molar-refractivity contribution < 1.29 is 4.79 Å². The smallest absolute Gasteiger partial charge is 0.247 e. The van der Waals surface area contributed by atoms with Crippen LogP contribution >= 0.6 is 0 Å². The van der Waals surface area contributed by atoms with Gasteiger partial charge in [0.05, 0.1) is 0 Å². The van der Waals surface area contributed by atoms with E-state index < -0.39 is 5.54 Å². The van der Waals surface area contributed by atoms with E-state index >= 15 is 0 Å². The lowest BCUT2D eigenvalue weighted by atomic mass is 9.90. The fourth-order valence-corrected chi connectivity index (χ4v) is 1.33. The van der Waals surface area contributed by atoms with E-state index in [-0.39, 0.29) is 5.91 Å². The number of dihydropyridines is 1. The number of allylic oxidation sites excluding steroid dienone is 2. The summed E-state index contributed by atoms with van der Waals surface area (Å²) in [5.74, 6) is -0.360. The summed E-state index contributed by atoms with van der Waals surface area (Å²) in [7, 11) is 0. The molecule has 1 atom stereocenters. The lowest BCUT2D eigenvalue weighted by molar-refractivity contribution is -0.122. The maximum absolute atomic E-state index is 11.2. The number of nitrogens with two attached hydrogens (primary N) is 2. The van der Waals surface area contributed by atoms with Crippen molar-refractivity contribution in [2.45, 2.75) is 18.4 Å². The highest BCUT2D eigenvalue weighted by Crippen LogP contribution is 2.16. The van der Waals surface area contributed by atoms with Gasteiger partial charge in [-0.3, -0.25) is 4.79 Å². The third-order valence-electron chi connectivity index (χ3n) is 2.14. The Balaban J connectivity index is 2.70. The third-order valence-corrected chi connectivity index (χ3v) is 2.14. The van der Waals surface area contributed by atoms with Gasteiger partial charge >= 0.3 is 0 Å². The average Bonchev–Trinajstić information content (AvgIpc) is 2.16.